The van der Waals surface area contributed by atoms with Crippen molar-refractivity contribution in [1.82, 2.24) is 14.5 Å². The van der Waals surface area contributed by atoms with E-state index in [0.29, 0.717) is 45.2 Å². The van der Waals surface area contributed by atoms with Gasteiger partial charge in [0.05, 0.1) is 36.8 Å². The minimum Gasteiger partial charge on any atom is -0.467 e. The third-order valence-corrected chi connectivity index (χ3v) is 7.42. The predicted octanol–water partition coefficient (Wildman–Crippen LogP) is 0.965. The van der Waals surface area contributed by atoms with E-state index in [2.05, 4.69) is 5.32 Å². The highest BCUT2D eigenvalue weighted by atomic mass is 32.2. The fraction of sp³-hybridized carbons (Fsp3) is 0.429. The Morgan fingerprint density at radius 3 is 2.55 bits per heavy atom. The van der Waals surface area contributed by atoms with Gasteiger partial charge in [-0.1, -0.05) is 12.1 Å². The Hall–Kier alpha value is -2.69. The molecule has 1 atom stereocenters. The summed E-state index contributed by atoms with van der Waals surface area (Å²) in [6, 6.07) is 10.0. The van der Waals surface area contributed by atoms with E-state index in [4.69, 9.17) is 9.15 Å². The molecule has 31 heavy (non-hydrogen) atoms. The highest BCUT2D eigenvalue weighted by Crippen LogP contribution is 2.21. The number of nitrogens with zero attached hydrogens (tertiary/aromatic N) is 2. The van der Waals surface area contributed by atoms with E-state index in [9.17, 15) is 18.0 Å². The summed E-state index contributed by atoms with van der Waals surface area (Å²) in [5.74, 6) is -0.000468. The van der Waals surface area contributed by atoms with E-state index in [1.54, 1.807) is 47.6 Å². The van der Waals surface area contributed by atoms with E-state index < -0.39 is 15.9 Å². The van der Waals surface area contributed by atoms with Gasteiger partial charge in [0.25, 0.3) is 0 Å². The molecule has 0 aliphatic carbocycles. The number of ether oxygens (including phenoxy) is 1. The van der Waals surface area contributed by atoms with Crippen molar-refractivity contribution in [1.29, 1.82) is 0 Å². The highest BCUT2D eigenvalue weighted by Gasteiger charge is 2.34. The largest absolute Gasteiger partial charge is 0.467 e. The smallest absolute Gasteiger partial charge is 0.243 e. The summed E-state index contributed by atoms with van der Waals surface area (Å²) in [5.41, 5.74) is 0.783. The van der Waals surface area contributed by atoms with Crippen LogP contribution >= 0.6 is 0 Å². The quantitative estimate of drug-likeness (QED) is 0.677. The van der Waals surface area contributed by atoms with Gasteiger partial charge in [0.15, 0.2) is 0 Å². The first-order chi connectivity index (χ1) is 14.9. The van der Waals surface area contributed by atoms with E-state index in [1.807, 2.05) is 0 Å². The summed E-state index contributed by atoms with van der Waals surface area (Å²) in [4.78, 5) is 26.5. The van der Waals surface area contributed by atoms with Crippen molar-refractivity contribution < 1.29 is 27.2 Å². The van der Waals surface area contributed by atoms with Gasteiger partial charge in [-0.2, -0.15) is 4.31 Å². The van der Waals surface area contributed by atoms with Crippen molar-refractivity contribution in [3.8, 4) is 0 Å². The van der Waals surface area contributed by atoms with Crippen molar-refractivity contribution in [3.63, 3.8) is 0 Å². The summed E-state index contributed by atoms with van der Waals surface area (Å²) >= 11 is 0. The zero-order chi connectivity index (χ0) is 21.8. The molecule has 2 aliphatic rings. The molecule has 2 amide bonds. The van der Waals surface area contributed by atoms with Gasteiger partial charge in [-0.3, -0.25) is 9.59 Å². The predicted molar refractivity (Wildman–Crippen MR) is 110 cm³/mol. The number of carbonyl (C=O) groups is 2. The fourth-order valence-electron chi connectivity index (χ4n) is 3.74. The molecule has 1 aromatic carbocycles. The molecule has 10 heteroatoms. The molecule has 2 aromatic rings. The number of furan rings is 1. The molecular weight excluding hydrogens is 422 g/mol. The van der Waals surface area contributed by atoms with E-state index >= 15 is 0 Å². The first-order valence-electron chi connectivity index (χ1n) is 10.2. The Morgan fingerprint density at radius 1 is 1.13 bits per heavy atom. The van der Waals surface area contributed by atoms with Crippen molar-refractivity contribution >= 4 is 21.8 Å². The maximum Gasteiger partial charge on any atom is 0.243 e. The lowest BCUT2D eigenvalue weighted by Gasteiger charge is -2.26. The Labute approximate surface area is 181 Å². The first kappa shape index (κ1) is 21.5. The molecule has 4 rings (SSSR count). The number of nitrogens with one attached hydrogen (secondary N) is 1. The molecule has 0 saturated carbocycles. The number of benzene rings is 1. The summed E-state index contributed by atoms with van der Waals surface area (Å²) in [6.45, 7) is 2.45. The highest BCUT2D eigenvalue weighted by molar-refractivity contribution is 7.89. The van der Waals surface area contributed by atoms with Crippen molar-refractivity contribution in [3.05, 3.63) is 54.0 Å². The van der Waals surface area contributed by atoms with Crippen LogP contribution in [0.3, 0.4) is 0 Å². The molecule has 2 saturated heterocycles. The van der Waals surface area contributed by atoms with Gasteiger partial charge in [0, 0.05) is 32.6 Å². The van der Waals surface area contributed by atoms with Gasteiger partial charge < -0.3 is 19.4 Å². The minimum absolute atomic E-state index is 0.0748. The normalized spacial score (nSPS) is 20.2. The summed E-state index contributed by atoms with van der Waals surface area (Å²) in [6.07, 6.45) is 1.72. The number of amides is 2. The van der Waals surface area contributed by atoms with Crippen molar-refractivity contribution in [2.24, 2.45) is 5.92 Å². The lowest BCUT2D eigenvalue weighted by Crippen LogP contribution is -2.40. The zero-order valence-corrected chi connectivity index (χ0v) is 17.8. The van der Waals surface area contributed by atoms with Gasteiger partial charge in [-0.05, 0) is 29.8 Å². The second-order valence-electron chi connectivity index (χ2n) is 7.63. The SMILES string of the molecule is O=C(NCc1ccc(S(=O)(=O)N2CCOCC2)cc1)C1CC(=O)N(Cc2ccco2)C1. The number of hydrogen-bond donors (Lipinski definition) is 1. The van der Waals surface area contributed by atoms with Crippen LogP contribution in [-0.2, 0) is 37.4 Å². The molecule has 9 nitrogen and oxygen atoms in total. The van der Waals surface area contributed by atoms with Gasteiger partial charge >= 0.3 is 0 Å². The minimum atomic E-state index is -3.54. The molecule has 0 radical (unpaired) electrons. The van der Waals surface area contributed by atoms with Crippen LogP contribution < -0.4 is 5.32 Å². The average molecular weight is 448 g/mol. The van der Waals surface area contributed by atoms with Crippen LogP contribution in [0.1, 0.15) is 17.7 Å². The molecule has 1 N–H and O–H groups in total. The number of rotatable bonds is 7. The van der Waals surface area contributed by atoms with Crippen LogP contribution in [0.2, 0.25) is 0 Å². The lowest BCUT2D eigenvalue weighted by atomic mass is 10.1. The molecule has 3 heterocycles. The van der Waals surface area contributed by atoms with Crippen LogP contribution in [0.15, 0.2) is 52.0 Å². The van der Waals surface area contributed by atoms with E-state index in [0.717, 1.165) is 5.56 Å². The number of sulfonamides is 1. The molecule has 1 aromatic heterocycles. The maximum atomic E-state index is 12.7. The second kappa shape index (κ2) is 9.21. The lowest BCUT2D eigenvalue weighted by molar-refractivity contribution is -0.129. The molecule has 2 fully saturated rings. The number of likely N-dealkylation sites (tertiary alicyclic amines) is 1. The summed E-state index contributed by atoms with van der Waals surface area (Å²) < 4.78 is 37.2. The van der Waals surface area contributed by atoms with Crippen LogP contribution in [0.5, 0.6) is 0 Å². The molecule has 2 aliphatic heterocycles. The Kier molecular flexibility index (Phi) is 6.40. The van der Waals surface area contributed by atoms with Crippen molar-refractivity contribution in [2.75, 3.05) is 32.8 Å². The van der Waals surface area contributed by atoms with Gasteiger partial charge in [0.2, 0.25) is 21.8 Å². The first-order valence-corrected chi connectivity index (χ1v) is 11.6. The molecule has 1 unspecified atom stereocenters. The van der Waals surface area contributed by atoms with Crippen LogP contribution in [0.4, 0.5) is 0 Å². The third kappa shape index (κ3) is 4.97. The fourth-order valence-corrected chi connectivity index (χ4v) is 5.15. The standard InChI is InChI=1S/C21H25N3O6S/c25-20-12-17(14-23(20)15-18-2-1-9-30-18)21(26)22-13-16-3-5-19(6-4-16)31(27,28)24-7-10-29-11-8-24/h1-6,9,17H,7-8,10-15H2,(H,22,26). The van der Waals surface area contributed by atoms with E-state index in [-0.39, 0.29) is 29.7 Å². The monoisotopic (exact) mass is 447 g/mol. The maximum absolute atomic E-state index is 12.7. The zero-order valence-electron chi connectivity index (χ0n) is 17.0. The summed E-state index contributed by atoms with van der Waals surface area (Å²) in [7, 11) is -3.54. The number of carbonyl (C=O) groups excluding carboxylic acids is 2. The Morgan fingerprint density at radius 2 is 1.87 bits per heavy atom. The van der Waals surface area contributed by atoms with Gasteiger partial charge in [-0.15, -0.1) is 0 Å². The number of hydrogen-bond acceptors (Lipinski definition) is 6. The van der Waals surface area contributed by atoms with E-state index in [1.165, 1.54) is 4.31 Å². The van der Waals surface area contributed by atoms with Crippen LogP contribution in [-0.4, -0.2) is 62.3 Å². The molecule has 0 spiro atoms. The van der Waals surface area contributed by atoms with Gasteiger partial charge in [-0.25, -0.2) is 8.42 Å². The Balaban J connectivity index is 1.30. The molecular formula is C21H25N3O6S. The second-order valence-corrected chi connectivity index (χ2v) is 9.57. The molecule has 166 valence electrons. The number of morpholine rings is 1. The van der Waals surface area contributed by atoms with Crippen molar-refractivity contribution in [2.45, 2.75) is 24.4 Å². The Bertz CT molecular complexity index is 1010. The topological polar surface area (TPSA) is 109 Å². The molecule has 0 bridgehead atoms. The summed E-state index contributed by atoms with van der Waals surface area (Å²) in [5, 5.41) is 2.84. The van der Waals surface area contributed by atoms with Crippen LogP contribution in [0, 0.1) is 5.92 Å². The average Bonchev–Trinajstić information content (AvgIpc) is 3.43. The van der Waals surface area contributed by atoms with Crippen LogP contribution in [0.25, 0.3) is 0 Å². The third-order valence-electron chi connectivity index (χ3n) is 5.51. The van der Waals surface area contributed by atoms with Gasteiger partial charge in [0.1, 0.15) is 5.76 Å².